The summed E-state index contributed by atoms with van der Waals surface area (Å²) in [7, 11) is 0. The van der Waals surface area contributed by atoms with E-state index >= 15 is 0 Å². The molecule has 1 aliphatic carbocycles. The Morgan fingerprint density at radius 1 is 1.20 bits per heavy atom. The summed E-state index contributed by atoms with van der Waals surface area (Å²) in [6.45, 7) is 3.80. The molecule has 1 aromatic carbocycles. The highest BCUT2D eigenvalue weighted by Crippen LogP contribution is 2.35. The molecule has 20 heavy (non-hydrogen) atoms. The summed E-state index contributed by atoms with van der Waals surface area (Å²) in [5.41, 5.74) is 6.96. The summed E-state index contributed by atoms with van der Waals surface area (Å²) < 4.78 is 11.6. The largest absolute Gasteiger partial charge is 0.351 e. The number of hydrogen-bond donors (Lipinski definition) is 1. The van der Waals surface area contributed by atoms with Gasteiger partial charge in [0.1, 0.15) is 6.79 Å². The van der Waals surface area contributed by atoms with E-state index in [1.807, 2.05) is 18.2 Å². The molecule has 1 saturated carbocycles. The lowest BCUT2D eigenvalue weighted by molar-refractivity contribution is -0.158. The molecule has 2 rings (SSSR count). The van der Waals surface area contributed by atoms with E-state index in [0.717, 1.165) is 18.8 Å². The van der Waals surface area contributed by atoms with Crippen molar-refractivity contribution in [2.24, 2.45) is 11.7 Å². The second-order valence-electron chi connectivity index (χ2n) is 5.84. The monoisotopic (exact) mass is 277 g/mol. The Bertz CT molecular complexity index is 372. The van der Waals surface area contributed by atoms with Gasteiger partial charge in [-0.05, 0) is 37.2 Å². The maximum atomic E-state index is 5.99. The molecule has 0 amide bonds. The molecule has 3 heteroatoms. The standard InChI is InChI=1S/C17H27NO2/c1-2-15-8-10-17(13-18,11-9-15)20-14-19-12-16-6-4-3-5-7-16/h3-7,15H,2,8-14,18H2,1H3. The quantitative estimate of drug-likeness (QED) is 0.613. The van der Waals surface area contributed by atoms with Crippen LogP contribution in [0.1, 0.15) is 44.6 Å². The van der Waals surface area contributed by atoms with Gasteiger partial charge in [0, 0.05) is 6.54 Å². The van der Waals surface area contributed by atoms with Gasteiger partial charge in [-0.1, -0.05) is 43.7 Å². The van der Waals surface area contributed by atoms with Gasteiger partial charge in [-0.2, -0.15) is 0 Å². The molecular weight excluding hydrogens is 250 g/mol. The van der Waals surface area contributed by atoms with Crippen LogP contribution in [0, 0.1) is 5.92 Å². The lowest BCUT2D eigenvalue weighted by Crippen LogP contribution is -2.44. The minimum atomic E-state index is -0.150. The van der Waals surface area contributed by atoms with Crippen LogP contribution in [0.25, 0.3) is 0 Å². The second kappa shape index (κ2) is 7.77. The Labute approximate surface area is 122 Å². The molecule has 0 saturated heterocycles. The molecular formula is C17H27NO2. The van der Waals surface area contributed by atoms with Gasteiger partial charge in [-0.25, -0.2) is 0 Å². The molecule has 0 aliphatic heterocycles. The van der Waals surface area contributed by atoms with Gasteiger partial charge >= 0.3 is 0 Å². The molecule has 112 valence electrons. The van der Waals surface area contributed by atoms with Crippen molar-refractivity contribution < 1.29 is 9.47 Å². The average molecular weight is 277 g/mol. The van der Waals surface area contributed by atoms with E-state index < -0.39 is 0 Å². The normalized spacial score (nSPS) is 26.6. The molecule has 0 bridgehead atoms. The number of ether oxygens (including phenoxy) is 2. The van der Waals surface area contributed by atoms with Crippen molar-refractivity contribution in [3.63, 3.8) is 0 Å². The number of benzene rings is 1. The first-order chi connectivity index (χ1) is 9.78. The Hall–Kier alpha value is -0.900. The third-order valence-corrected chi connectivity index (χ3v) is 4.53. The van der Waals surface area contributed by atoms with E-state index in [0.29, 0.717) is 19.9 Å². The van der Waals surface area contributed by atoms with Crippen molar-refractivity contribution in [2.75, 3.05) is 13.3 Å². The molecule has 3 nitrogen and oxygen atoms in total. The van der Waals surface area contributed by atoms with Crippen molar-refractivity contribution in [3.8, 4) is 0 Å². The molecule has 1 aromatic rings. The van der Waals surface area contributed by atoms with Crippen LogP contribution in [0.5, 0.6) is 0 Å². The van der Waals surface area contributed by atoms with E-state index in [-0.39, 0.29) is 5.60 Å². The Balaban J connectivity index is 1.71. The van der Waals surface area contributed by atoms with Crippen LogP contribution in [0.15, 0.2) is 30.3 Å². The summed E-state index contributed by atoms with van der Waals surface area (Å²) in [4.78, 5) is 0. The zero-order valence-electron chi connectivity index (χ0n) is 12.5. The third-order valence-electron chi connectivity index (χ3n) is 4.53. The van der Waals surface area contributed by atoms with Crippen molar-refractivity contribution in [3.05, 3.63) is 35.9 Å². The first kappa shape index (κ1) is 15.5. The summed E-state index contributed by atoms with van der Waals surface area (Å²) in [5, 5.41) is 0. The van der Waals surface area contributed by atoms with Crippen molar-refractivity contribution in [2.45, 2.75) is 51.2 Å². The number of hydrogen-bond acceptors (Lipinski definition) is 3. The zero-order valence-corrected chi connectivity index (χ0v) is 12.5. The average Bonchev–Trinajstić information content (AvgIpc) is 2.53. The number of rotatable bonds is 7. The van der Waals surface area contributed by atoms with Crippen LogP contribution in [-0.2, 0) is 16.1 Å². The predicted octanol–water partition coefficient (Wildman–Crippen LogP) is 3.48. The Morgan fingerprint density at radius 3 is 2.50 bits per heavy atom. The van der Waals surface area contributed by atoms with E-state index in [1.54, 1.807) is 0 Å². The van der Waals surface area contributed by atoms with Gasteiger partial charge in [0.2, 0.25) is 0 Å². The van der Waals surface area contributed by atoms with Gasteiger partial charge in [-0.3, -0.25) is 0 Å². The molecule has 0 spiro atoms. The fourth-order valence-electron chi connectivity index (χ4n) is 2.92. The van der Waals surface area contributed by atoms with E-state index in [2.05, 4.69) is 19.1 Å². The van der Waals surface area contributed by atoms with Gasteiger partial charge in [0.25, 0.3) is 0 Å². The highest BCUT2D eigenvalue weighted by molar-refractivity contribution is 5.13. The van der Waals surface area contributed by atoms with E-state index in [9.17, 15) is 0 Å². The molecule has 0 radical (unpaired) electrons. The van der Waals surface area contributed by atoms with Crippen LogP contribution in [0.2, 0.25) is 0 Å². The van der Waals surface area contributed by atoms with Crippen LogP contribution >= 0.6 is 0 Å². The fourth-order valence-corrected chi connectivity index (χ4v) is 2.92. The molecule has 1 aliphatic rings. The summed E-state index contributed by atoms with van der Waals surface area (Å²) in [5.74, 6) is 0.850. The third kappa shape index (κ3) is 4.30. The van der Waals surface area contributed by atoms with E-state index in [4.69, 9.17) is 15.2 Å². The van der Waals surface area contributed by atoms with Crippen molar-refractivity contribution in [1.82, 2.24) is 0 Å². The SMILES string of the molecule is CCC1CCC(CN)(OCOCc2ccccc2)CC1. The maximum Gasteiger partial charge on any atom is 0.147 e. The predicted molar refractivity (Wildman–Crippen MR) is 81.2 cm³/mol. The van der Waals surface area contributed by atoms with Crippen molar-refractivity contribution in [1.29, 1.82) is 0 Å². The Morgan fingerprint density at radius 2 is 1.90 bits per heavy atom. The van der Waals surface area contributed by atoms with Crippen LogP contribution in [0.3, 0.4) is 0 Å². The van der Waals surface area contributed by atoms with Crippen molar-refractivity contribution >= 4 is 0 Å². The minimum Gasteiger partial charge on any atom is -0.351 e. The molecule has 0 heterocycles. The smallest absolute Gasteiger partial charge is 0.147 e. The molecule has 0 atom stereocenters. The van der Waals surface area contributed by atoms with Crippen LogP contribution in [0.4, 0.5) is 0 Å². The summed E-state index contributed by atoms with van der Waals surface area (Å²) >= 11 is 0. The van der Waals surface area contributed by atoms with Crippen LogP contribution < -0.4 is 5.73 Å². The lowest BCUT2D eigenvalue weighted by atomic mass is 9.78. The maximum absolute atomic E-state index is 5.99. The van der Waals surface area contributed by atoms with Gasteiger partial charge in [-0.15, -0.1) is 0 Å². The summed E-state index contributed by atoms with van der Waals surface area (Å²) in [6.07, 6.45) is 5.86. The first-order valence-electron chi connectivity index (χ1n) is 7.74. The molecule has 0 aromatic heterocycles. The van der Waals surface area contributed by atoms with Gasteiger partial charge in [0.05, 0.1) is 12.2 Å². The first-order valence-corrected chi connectivity index (χ1v) is 7.74. The molecule has 1 fully saturated rings. The fraction of sp³-hybridized carbons (Fsp3) is 0.647. The zero-order chi connectivity index (χ0) is 14.3. The molecule has 2 N–H and O–H groups in total. The lowest BCUT2D eigenvalue weighted by Gasteiger charge is -2.39. The minimum absolute atomic E-state index is 0.150. The topological polar surface area (TPSA) is 44.5 Å². The van der Waals surface area contributed by atoms with Gasteiger partial charge < -0.3 is 15.2 Å². The Kier molecular flexibility index (Phi) is 6.02. The van der Waals surface area contributed by atoms with Gasteiger partial charge in [0.15, 0.2) is 0 Å². The van der Waals surface area contributed by atoms with Crippen LogP contribution in [-0.4, -0.2) is 18.9 Å². The van der Waals surface area contributed by atoms with E-state index in [1.165, 1.54) is 24.8 Å². The number of nitrogens with two attached hydrogens (primary N) is 1. The highest BCUT2D eigenvalue weighted by atomic mass is 16.7. The summed E-state index contributed by atoms with van der Waals surface area (Å²) in [6, 6.07) is 10.2. The second-order valence-corrected chi connectivity index (χ2v) is 5.84. The molecule has 0 unspecified atom stereocenters. The highest BCUT2D eigenvalue weighted by Gasteiger charge is 2.34.